The number of rotatable bonds is 4. The summed E-state index contributed by atoms with van der Waals surface area (Å²) in [6.45, 7) is 5.35. The average Bonchev–Trinajstić information content (AvgIpc) is 2.24. The molecule has 0 aliphatic heterocycles. The fourth-order valence-electron chi connectivity index (χ4n) is 1.43. The lowest BCUT2D eigenvalue weighted by Crippen LogP contribution is -2.37. The smallest absolute Gasteiger partial charge is 0.352 e. The van der Waals surface area contributed by atoms with E-state index in [0.717, 1.165) is 19.3 Å². The highest BCUT2D eigenvalue weighted by atomic mass is 16.5. The molecule has 16 heavy (non-hydrogen) atoms. The molecule has 0 aromatic rings. The van der Waals surface area contributed by atoms with Crippen LogP contribution >= 0.6 is 0 Å². The second-order valence-electron chi connectivity index (χ2n) is 3.93. The van der Waals surface area contributed by atoms with Crippen LogP contribution in [0.1, 0.15) is 26.2 Å². The van der Waals surface area contributed by atoms with E-state index < -0.39 is 11.6 Å². The molecule has 0 bridgehead atoms. The molecule has 0 unspecified atom stereocenters. The molecule has 1 aliphatic rings. The Morgan fingerprint density at radius 2 is 2.19 bits per heavy atom. The van der Waals surface area contributed by atoms with Gasteiger partial charge in [0, 0.05) is 6.20 Å². The molecular formula is C12H17NO3. The van der Waals surface area contributed by atoms with Gasteiger partial charge in [-0.3, -0.25) is 4.99 Å². The van der Waals surface area contributed by atoms with E-state index in [0.29, 0.717) is 5.57 Å². The minimum atomic E-state index is -0.759. The predicted octanol–water partition coefficient (Wildman–Crippen LogP) is 1.61. The van der Waals surface area contributed by atoms with Crippen molar-refractivity contribution < 1.29 is 14.6 Å². The Hall–Kier alpha value is -1.42. The number of carbonyl (C=O) groups excluding carboxylic acids is 1. The van der Waals surface area contributed by atoms with E-state index in [-0.39, 0.29) is 5.71 Å². The van der Waals surface area contributed by atoms with Gasteiger partial charge in [-0.15, -0.1) is 0 Å². The lowest BCUT2D eigenvalue weighted by molar-refractivity contribution is -0.132. The summed E-state index contributed by atoms with van der Waals surface area (Å²) in [5.74, 6) is -0.461. The van der Waals surface area contributed by atoms with Crippen LogP contribution in [0.15, 0.2) is 29.4 Å². The number of carbonyl (C=O) groups is 1. The molecule has 0 amide bonds. The molecule has 4 nitrogen and oxygen atoms in total. The van der Waals surface area contributed by atoms with Gasteiger partial charge in [0.2, 0.25) is 0 Å². The fraction of sp³-hybridized carbons (Fsp3) is 0.500. The van der Waals surface area contributed by atoms with E-state index in [1.807, 2.05) is 0 Å². The number of ether oxygens (including phenoxy) is 1. The molecule has 4 heteroatoms. The SMILES string of the molecule is C=C(/C=C\N=C(/C)C(=O)OC)C1(O)CCC1. The zero-order chi connectivity index (χ0) is 12.2. The highest BCUT2D eigenvalue weighted by Gasteiger charge is 2.35. The average molecular weight is 223 g/mol. The number of hydrogen-bond acceptors (Lipinski definition) is 4. The number of nitrogens with zero attached hydrogens (tertiary/aromatic N) is 1. The van der Waals surface area contributed by atoms with Crippen LogP contribution in [0, 0.1) is 0 Å². The zero-order valence-electron chi connectivity index (χ0n) is 9.69. The van der Waals surface area contributed by atoms with Crippen molar-refractivity contribution in [2.75, 3.05) is 7.11 Å². The number of hydrogen-bond donors (Lipinski definition) is 1. The summed E-state index contributed by atoms with van der Waals surface area (Å²) in [5, 5.41) is 9.91. The van der Waals surface area contributed by atoms with Crippen LogP contribution in [-0.2, 0) is 9.53 Å². The summed E-state index contributed by atoms with van der Waals surface area (Å²) < 4.78 is 4.49. The maximum Gasteiger partial charge on any atom is 0.352 e. The van der Waals surface area contributed by atoms with E-state index in [1.54, 1.807) is 13.0 Å². The Morgan fingerprint density at radius 1 is 1.56 bits per heavy atom. The van der Waals surface area contributed by atoms with Gasteiger partial charge in [0.15, 0.2) is 0 Å². The van der Waals surface area contributed by atoms with Crippen LogP contribution in [0.3, 0.4) is 0 Å². The first-order valence-electron chi connectivity index (χ1n) is 5.20. The van der Waals surface area contributed by atoms with Crippen molar-refractivity contribution >= 4 is 11.7 Å². The molecule has 1 saturated carbocycles. The van der Waals surface area contributed by atoms with Gasteiger partial charge in [-0.1, -0.05) is 6.58 Å². The first-order chi connectivity index (χ1) is 7.49. The van der Waals surface area contributed by atoms with Crippen LogP contribution in [0.2, 0.25) is 0 Å². The minimum absolute atomic E-state index is 0.271. The molecule has 1 N–H and O–H groups in total. The molecular weight excluding hydrogens is 206 g/mol. The van der Waals surface area contributed by atoms with E-state index in [2.05, 4.69) is 16.3 Å². The number of methoxy groups -OCH3 is 1. The minimum Gasteiger partial charge on any atom is -0.465 e. The quantitative estimate of drug-likeness (QED) is 0.447. The summed E-state index contributed by atoms with van der Waals surface area (Å²) >= 11 is 0. The highest BCUT2D eigenvalue weighted by Crippen LogP contribution is 2.37. The van der Waals surface area contributed by atoms with Gasteiger partial charge < -0.3 is 9.84 Å². The largest absolute Gasteiger partial charge is 0.465 e. The van der Waals surface area contributed by atoms with Crippen molar-refractivity contribution in [3.8, 4) is 0 Å². The molecule has 1 rings (SSSR count). The standard InChI is InChI=1S/C12H17NO3/c1-9(12(15)6-4-7-12)5-8-13-10(2)11(14)16-3/h5,8,15H,1,4,6-7H2,2-3H3/b8-5-,13-10+. The fourth-order valence-corrected chi connectivity index (χ4v) is 1.43. The van der Waals surface area contributed by atoms with Crippen LogP contribution < -0.4 is 0 Å². The van der Waals surface area contributed by atoms with Gasteiger partial charge in [-0.25, -0.2) is 4.79 Å². The highest BCUT2D eigenvalue weighted by molar-refractivity contribution is 6.35. The Balaban J connectivity index is 2.54. The number of aliphatic hydroxyl groups is 1. The van der Waals surface area contributed by atoms with Crippen molar-refractivity contribution in [2.24, 2.45) is 4.99 Å². The van der Waals surface area contributed by atoms with Gasteiger partial charge in [0.1, 0.15) is 5.71 Å². The maximum atomic E-state index is 11.0. The van der Waals surface area contributed by atoms with Gasteiger partial charge in [0.25, 0.3) is 0 Å². The summed E-state index contributed by atoms with van der Waals surface area (Å²) in [4.78, 5) is 14.9. The van der Waals surface area contributed by atoms with Crippen LogP contribution in [0.4, 0.5) is 0 Å². The molecule has 0 spiro atoms. The van der Waals surface area contributed by atoms with Crippen LogP contribution in [-0.4, -0.2) is 29.5 Å². The summed E-state index contributed by atoms with van der Waals surface area (Å²) in [5.41, 5.74) is 0.151. The maximum absolute atomic E-state index is 11.0. The topological polar surface area (TPSA) is 58.9 Å². The van der Waals surface area contributed by atoms with Crippen molar-refractivity contribution in [3.63, 3.8) is 0 Å². The summed E-state index contributed by atoms with van der Waals surface area (Å²) in [6, 6.07) is 0. The third kappa shape index (κ3) is 2.79. The van der Waals surface area contributed by atoms with Crippen LogP contribution in [0.5, 0.6) is 0 Å². The van der Waals surface area contributed by atoms with Crippen molar-refractivity contribution in [1.29, 1.82) is 0 Å². The third-order valence-electron chi connectivity index (χ3n) is 2.80. The van der Waals surface area contributed by atoms with Gasteiger partial charge in [0.05, 0.1) is 12.7 Å². The van der Waals surface area contributed by atoms with Gasteiger partial charge >= 0.3 is 5.97 Å². The number of aliphatic imine (C=N–C) groups is 1. The summed E-state index contributed by atoms with van der Waals surface area (Å²) in [7, 11) is 1.31. The second kappa shape index (κ2) is 5.07. The Kier molecular flexibility index (Phi) is 4.01. The van der Waals surface area contributed by atoms with Gasteiger partial charge in [-0.2, -0.15) is 0 Å². The van der Waals surface area contributed by atoms with Crippen LogP contribution in [0.25, 0.3) is 0 Å². The molecule has 1 fully saturated rings. The first-order valence-corrected chi connectivity index (χ1v) is 5.20. The van der Waals surface area contributed by atoms with E-state index >= 15 is 0 Å². The van der Waals surface area contributed by atoms with E-state index in [1.165, 1.54) is 13.3 Å². The van der Waals surface area contributed by atoms with Crippen molar-refractivity contribution in [2.45, 2.75) is 31.8 Å². The molecule has 0 aromatic carbocycles. The van der Waals surface area contributed by atoms with E-state index in [4.69, 9.17) is 0 Å². The molecule has 0 heterocycles. The summed E-state index contributed by atoms with van der Waals surface area (Å²) in [6.07, 6.45) is 5.61. The molecule has 1 aliphatic carbocycles. The van der Waals surface area contributed by atoms with E-state index in [9.17, 15) is 9.90 Å². The predicted molar refractivity (Wildman–Crippen MR) is 62.2 cm³/mol. The molecule has 0 aromatic heterocycles. The lowest BCUT2D eigenvalue weighted by atomic mass is 9.75. The molecule has 88 valence electrons. The monoisotopic (exact) mass is 223 g/mol. The number of esters is 1. The first kappa shape index (κ1) is 12.6. The van der Waals surface area contributed by atoms with Gasteiger partial charge in [-0.05, 0) is 37.8 Å². The normalized spacial score (nSPS) is 19.3. The third-order valence-corrected chi connectivity index (χ3v) is 2.80. The molecule has 0 atom stereocenters. The Bertz CT molecular complexity index is 351. The second-order valence-corrected chi connectivity index (χ2v) is 3.93. The Labute approximate surface area is 95.3 Å². The molecule has 0 saturated heterocycles. The van der Waals surface area contributed by atoms with Crippen molar-refractivity contribution in [3.05, 3.63) is 24.4 Å². The molecule has 0 radical (unpaired) electrons. The lowest BCUT2D eigenvalue weighted by Gasteiger charge is -2.37. The van der Waals surface area contributed by atoms with Crippen molar-refractivity contribution in [1.82, 2.24) is 0 Å². The Morgan fingerprint density at radius 3 is 2.62 bits per heavy atom. The zero-order valence-corrected chi connectivity index (χ0v) is 9.69.